The molecule has 0 aromatic carbocycles. The van der Waals surface area contributed by atoms with Crippen LogP contribution in [0.2, 0.25) is 0 Å². The fourth-order valence-electron chi connectivity index (χ4n) is 3.41. The Hall–Kier alpha value is -2.68. The first-order valence-electron chi connectivity index (χ1n) is 8.95. The summed E-state index contributed by atoms with van der Waals surface area (Å²) in [6.07, 6.45) is 4.48. The summed E-state index contributed by atoms with van der Waals surface area (Å²) in [5.41, 5.74) is 2.69. The Bertz CT molecular complexity index is 752. The summed E-state index contributed by atoms with van der Waals surface area (Å²) in [5, 5.41) is 21.8. The summed E-state index contributed by atoms with van der Waals surface area (Å²) in [7, 11) is 0. The fourth-order valence-corrected chi connectivity index (χ4v) is 3.41. The van der Waals surface area contributed by atoms with Crippen molar-refractivity contribution < 1.29 is 0 Å². The van der Waals surface area contributed by atoms with E-state index in [9.17, 15) is 5.26 Å². The van der Waals surface area contributed by atoms with E-state index in [1.165, 1.54) is 0 Å². The normalized spacial score (nSPS) is 16.7. The number of rotatable bonds is 6. The monoisotopic (exact) mass is 336 g/mol. The first-order valence-corrected chi connectivity index (χ1v) is 8.95. The van der Waals surface area contributed by atoms with Crippen molar-refractivity contribution in [1.82, 2.24) is 15.2 Å². The molecule has 3 rings (SSSR count). The molecule has 1 fully saturated rings. The van der Waals surface area contributed by atoms with Crippen molar-refractivity contribution in [1.29, 1.82) is 5.26 Å². The van der Waals surface area contributed by atoms with Crippen molar-refractivity contribution in [3.05, 3.63) is 41.2 Å². The molecular weight excluding hydrogens is 312 g/mol. The van der Waals surface area contributed by atoms with E-state index in [2.05, 4.69) is 45.3 Å². The van der Waals surface area contributed by atoms with Gasteiger partial charge in [0.15, 0.2) is 5.82 Å². The van der Waals surface area contributed by atoms with Crippen LogP contribution < -0.4 is 10.2 Å². The van der Waals surface area contributed by atoms with Crippen LogP contribution in [-0.4, -0.2) is 34.8 Å². The highest BCUT2D eigenvalue weighted by molar-refractivity contribution is 5.58. The van der Waals surface area contributed by atoms with Gasteiger partial charge < -0.3 is 10.2 Å². The molecule has 1 aliphatic heterocycles. The van der Waals surface area contributed by atoms with E-state index >= 15 is 0 Å². The van der Waals surface area contributed by atoms with Gasteiger partial charge in [0.25, 0.3) is 0 Å². The van der Waals surface area contributed by atoms with Crippen molar-refractivity contribution in [2.75, 3.05) is 29.9 Å². The summed E-state index contributed by atoms with van der Waals surface area (Å²) in [4.78, 5) is 6.50. The van der Waals surface area contributed by atoms with Gasteiger partial charge in [0, 0.05) is 25.8 Å². The third-order valence-electron chi connectivity index (χ3n) is 4.76. The largest absolute Gasteiger partial charge is 0.370 e. The van der Waals surface area contributed by atoms with Gasteiger partial charge in [-0.1, -0.05) is 19.9 Å². The van der Waals surface area contributed by atoms with Gasteiger partial charge in [-0.15, -0.1) is 5.10 Å². The van der Waals surface area contributed by atoms with E-state index in [0.717, 1.165) is 61.8 Å². The maximum atomic E-state index is 9.66. The van der Waals surface area contributed by atoms with Crippen molar-refractivity contribution >= 4 is 11.6 Å². The van der Waals surface area contributed by atoms with Gasteiger partial charge in [0.05, 0.1) is 5.69 Å². The SMILES string of the molecule is CCc1nnc(N2CCC(CNc3ccccn3)C2)c(C#N)c1CC. The number of aryl methyl sites for hydroxylation is 1. The van der Waals surface area contributed by atoms with E-state index in [-0.39, 0.29) is 0 Å². The third-order valence-corrected chi connectivity index (χ3v) is 4.76. The van der Waals surface area contributed by atoms with Crippen LogP contribution in [-0.2, 0) is 12.8 Å². The second kappa shape index (κ2) is 7.93. The summed E-state index contributed by atoms with van der Waals surface area (Å²) >= 11 is 0. The van der Waals surface area contributed by atoms with Crippen molar-refractivity contribution in [3.63, 3.8) is 0 Å². The van der Waals surface area contributed by atoms with Gasteiger partial charge in [-0.2, -0.15) is 10.4 Å². The summed E-state index contributed by atoms with van der Waals surface area (Å²) in [6, 6.07) is 8.24. The highest BCUT2D eigenvalue weighted by atomic mass is 15.3. The lowest BCUT2D eigenvalue weighted by atomic mass is 10.0. The zero-order valence-electron chi connectivity index (χ0n) is 14.9. The standard InChI is InChI=1S/C19H24N6/c1-3-15-16(11-20)19(24-23-17(15)4-2)25-10-8-14(13-25)12-22-18-7-5-6-9-21-18/h5-7,9,14H,3-4,8,10,12-13H2,1-2H3,(H,21,22). The molecule has 6 heteroatoms. The van der Waals surface area contributed by atoms with Gasteiger partial charge in [-0.05, 0) is 42.9 Å². The lowest BCUT2D eigenvalue weighted by molar-refractivity contribution is 0.620. The van der Waals surface area contributed by atoms with E-state index in [1.807, 2.05) is 18.2 Å². The highest BCUT2D eigenvalue weighted by Gasteiger charge is 2.27. The van der Waals surface area contributed by atoms with Crippen LogP contribution in [0, 0.1) is 17.2 Å². The van der Waals surface area contributed by atoms with Crippen LogP contribution in [0.1, 0.15) is 37.1 Å². The molecule has 2 aromatic heterocycles. The van der Waals surface area contributed by atoms with E-state index in [0.29, 0.717) is 11.5 Å². The van der Waals surface area contributed by atoms with E-state index < -0.39 is 0 Å². The lowest BCUT2D eigenvalue weighted by Crippen LogP contribution is -2.25. The summed E-state index contributed by atoms with van der Waals surface area (Å²) in [5.74, 6) is 2.15. The quantitative estimate of drug-likeness (QED) is 0.874. The lowest BCUT2D eigenvalue weighted by Gasteiger charge is -2.20. The maximum absolute atomic E-state index is 9.66. The molecule has 6 nitrogen and oxygen atoms in total. The van der Waals surface area contributed by atoms with Gasteiger partial charge in [-0.3, -0.25) is 0 Å². The van der Waals surface area contributed by atoms with E-state index in [1.54, 1.807) is 6.20 Å². The predicted octanol–water partition coefficient (Wildman–Crippen LogP) is 2.81. The number of nitrogens with one attached hydrogen (secondary N) is 1. The molecule has 1 atom stereocenters. The summed E-state index contributed by atoms with van der Waals surface area (Å²) in [6.45, 7) is 6.80. The molecule has 0 spiro atoms. The predicted molar refractivity (Wildman–Crippen MR) is 98.5 cm³/mol. The number of aromatic nitrogens is 3. The van der Waals surface area contributed by atoms with Crippen molar-refractivity contribution in [2.45, 2.75) is 33.1 Å². The molecule has 0 aliphatic carbocycles. The Morgan fingerprint density at radius 3 is 2.84 bits per heavy atom. The van der Waals surface area contributed by atoms with Gasteiger partial charge in [-0.25, -0.2) is 4.98 Å². The number of nitriles is 1. The molecule has 25 heavy (non-hydrogen) atoms. The average molecular weight is 336 g/mol. The minimum Gasteiger partial charge on any atom is -0.370 e. The van der Waals surface area contributed by atoms with Gasteiger partial charge >= 0.3 is 0 Å². The first-order chi connectivity index (χ1) is 12.3. The van der Waals surface area contributed by atoms with Crippen LogP contribution in [0.4, 0.5) is 11.6 Å². The molecule has 0 amide bonds. The van der Waals surface area contributed by atoms with Crippen LogP contribution >= 0.6 is 0 Å². The van der Waals surface area contributed by atoms with E-state index in [4.69, 9.17) is 0 Å². The average Bonchev–Trinajstić information content (AvgIpc) is 3.14. The van der Waals surface area contributed by atoms with Crippen LogP contribution in [0.3, 0.4) is 0 Å². The van der Waals surface area contributed by atoms with Crippen LogP contribution in [0.15, 0.2) is 24.4 Å². The van der Waals surface area contributed by atoms with Gasteiger partial charge in [0.2, 0.25) is 0 Å². The number of pyridine rings is 1. The maximum Gasteiger partial charge on any atom is 0.169 e. The zero-order chi connectivity index (χ0) is 17.6. The van der Waals surface area contributed by atoms with Crippen molar-refractivity contribution in [3.8, 4) is 6.07 Å². The van der Waals surface area contributed by atoms with Crippen molar-refractivity contribution in [2.24, 2.45) is 5.92 Å². The van der Waals surface area contributed by atoms with Crippen LogP contribution in [0.25, 0.3) is 0 Å². The number of hydrogen-bond donors (Lipinski definition) is 1. The molecule has 0 radical (unpaired) electrons. The Morgan fingerprint density at radius 2 is 2.16 bits per heavy atom. The number of anilines is 2. The molecule has 1 aliphatic rings. The number of hydrogen-bond acceptors (Lipinski definition) is 6. The van der Waals surface area contributed by atoms with Crippen LogP contribution in [0.5, 0.6) is 0 Å². The molecular formula is C19H24N6. The smallest absolute Gasteiger partial charge is 0.169 e. The molecule has 2 aromatic rings. The molecule has 1 N–H and O–H groups in total. The molecule has 1 saturated heterocycles. The topological polar surface area (TPSA) is 77.7 Å². The van der Waals surface area contributed by atoms with Gasteiger partial charge in [0.1, 0.15) is 17.5 Å². The second-order valence-electron chi connectivity index (χ2n) is 6.34. The first kappa shape index (κ1) is 17.2. The Kier molecular flexibility index (Phi) is 5.44. The molecule has 3 heterocycles. The summed E-state index contributed by atoms with van der Waals surface area (Å²) < 4.78 is 0. The minimum atomic E-state index is 0.506. The fraction of sp³-hybridized carbons (Fsp3) is 0.474. The Balaban J connectivity index is 1.70. The molecule has 130 valence electrons. The minimum absolute atomic E-state index is 0.506. The Morgan fingerprint density at radius 1 is 1.28 bits per heavy atom. The zero-order valence-corrected chi connectivity index (χ0v) is 14.9. The third kappa shape index (κ3) is 3.71. The Labute approximate surface area is 148 Å². The second-order valence-corrected chi connectivity index (χ2v) is 6.34. The molecule has 0 saturated carbocycles. The highest BCUT2D eigenvalue weighted by Crippen LogP contribution is 2.28. The number of nitrogens with zero attached hydrogens (tertiary/aromatic N) is 5. The molecule has 0 bridgehead atoms. The molecule has 1 unspecified atom stereocenters.